The van der Waals surface area contributed by atoms with Crippen molar-refractivity contribution in [3.63, 3.8) is 0 Å². The second-order valence-electron chi connectivity index (χ2n) is 7.73. The Balaban J connectivity index is 1.73. The van der Waals surface area contributed by atoms with Crippen LogP contribution in [0.3, 0.4) is 0 Å². The average molecular weight is 417 g/mol. The van der Waals surface area contributed by atoms with E-state index in [-0.39, 0.29) is 11.7 Å². The molecule has 0 spiro atoms. The lowest BCUT2D eigenvalue weighted by molar-refractivity contribution is 0.0952. The van der Waals surface area contributed by atoms with Gasteiger partial charge in [-0.05, 0) is 68.5 Å². The van der Waals surface area contributed by atoms with E-state index in [1.807, 2.05) is 49.5 Å². The lowest BCUT2D eigenvalue weighted by Gasteiger charge is -2.11. The molecule has 0 fully saturated rings. The maximum absolute atomic E-state index is 13.8. The van der Waals surface area contributed by atoms with Gasteiger partial charge in [-0.2, -0.15) is 5.10 Å². The summed E-state index contributed by atoms with van der Waals surface area (Å²) in [4.78, 5) is 19.2. The zero-order chi connectivity index (χ0) is 22.0. The first kappa shape index (κ1) is 20.7. The summed E-state index contributed by atoms with van der Waals surface area (Å²) in [6.45, 7) is 3.05. The molecule has 1 amide bonds. The number of likely N-dealkylation sites (N-methyl/N-ethyl adjacent to an activating group) is 1. The van der Waals surface area contributed by atoms with Crippen molar-refractivity contribution >= 4 is 11.4 Å². The highest BCUT2D eigenvalue weighted by Crippen LogP contribution is 2.32. The van der Waals surface area contributed by atoms with Crippen molar-refractivity contribution in [2.75, 3.05) is 27.2 Å². The molecule has 4 aromatic rings. The maximum atomic E-state index is 13.8. The summed E-state index contributed by atoms with van der Waals surface area (Å²) in [7, 11) is 3.92. The van der Waals surface area contributed by atoms with E-state index in [0.29, 0.717) is 23.2 Å². The van der Waals surface area contributed by atoms with Crippen LogP contribution >= 0.6 is 0 Å². The SMILES string of the molecule is Cc1cc(-c2ncccc2-c2ccn3ncc(C(=O)NCCN(C)C)c3c2)ccc1F. The first-order valence-corrected chi connectivity index (χ1v) is 10.1. The molecule has 0 saturated heterocycles. The van der Waals surface area contributed by atoms with Gasteiger partial charge in [0.05, 0.1) is 23.0 Å². The lowest BCUT2D eigenvalue weighted by Crippen LogP contribution is -2.31. The van der Waals surface area contributed by atoms with Gasteiger partial charge in [-0.15, -0.1) is 0 Å². The van der Waals surface area contributed by atoms with Gasteiger partial charge in [0.1, 0.15) is 5.82 Å². The Morgan fingerprint density at radius 2 is 2.00 bits per heavy atom. The summed E-state index contributed by atoms with van der Waals surface area (Å²) in [6.07, 6.45) is 5.13. The van der Waals surface area contributed by atoms with Crippen LogP contribution in [0, 0.1) is 12.7 Å². The molecule has 1 N–H and O–H groups in total. The highest BCUT2D eigenvalue weighted by Gasteiger charge is 2.15. The molecule has 3 heterocycles. The number of benzene rings is 1. The molecule has 1 aromatic carbocycles. The van der Waals surface area contributed by atoms with Gasteiger partial charge in [-0.3, -0.25) is 9.78 Å². The number of halogens is 1. The topological polar surface area (TPSA) is 62.5 Å². The summed E-state index contributed by atoms with van der Waals surface area (Å²) < 4.78 is 15.4. The maximum Gasteiger partial charge on any atom is 0.255 e. The van der Waals surface area contributed by atoms with Crippen LogP contribution in [0.1, 0.15) is 15.9 Å². The largest absolute Gasteiger partial charge is 0.351 e. The standard InChI is InChI=1S/C24H24FN5O/c1-16-13-18(6-7-21(16)25)23-19(5-4-9-26-23)17-8-11-30-22(14-17)20(15-28-30)24(31)27-10-12-29(2)3/h4-9,11,13-15H,10,12H2,1-3H3,(H,27,31). The number of carbonyl (C=O) groups is 1. The normalized spacial score (nSPS) is 11.3. The third kappa shape index (κ3) is 4.32. The molecule has 3 aromatic heterocycles. The molecule has 0 radical (unpaired) electrons. The Kier molecular flexibility index (Phi) is 5.77. The Bertz CT molecular complexity index is 1250. The Hall–Kier alpha value is -3.58. The van der Waals surface area contributed by atoms with E-state index in [1.165, 1.54) is 6.07 Å². The highest BCUT2D eigenvalue weighted by molar-refractivity contribution is 6.01. The van der Waals surface area contributed by atoms with Gasteiger partial charge in [-0.1, -0.05) is 6.07 Å². The summed E-state index contributed by atoms with van der Waals surface area (Å²) in [5.41, 5.74) is 5.19. The minimum Gasteiger partial charge on any atom is -0.351 e. The van der Waals surface area contributed by atoms with Crippen LogP contribution in [0.4, 0.5) is 4.39 Å². The number of aryl methyl sites for hydroxylation is 1. The third-order valence-corrected chi connectivity index (χ3v) is 5.16. The van der Waals surface area contributed by atoms with E-state index in [9.17, 15) is 9.18 Å². The summed E-state index contributed by atoms with van der Waals surface area (Å²) >= 11 is 0. The van der Waals surface area contributed by atoms with Crippen LogP contribution in [0.25, 0.3) is 27.9 Å². The number of nitrogens with zero attached hydrogens (tertiary/aromatic N) is 4. The molecule has 6 nitrogen and oxygen atoms in total. The molecule has 0 bridgehead atoms. The number of amides is 1. The molecule has 31 heavy (non-hydrogen) atoms. The summed E-state index contributed by atoms with van der Waals surface area (Å²) in [5.74, 6) is -0.401. The summed E-state index contributed by atoms with van der Waals surface area (Å²) in [6, 6.07) is 12.7. The van der Waals surface area contributed by atoms with Crippen LogP contribution in [0.2, 0.25) is 0 Å². The molecular formula is C24H24FN5O. The number of carbonyl (C=O) groups excluding carboxylic acids is 1. The van der Waals surface area contributed by atoms with E-state index in [1.54, 1.807) is 36.0 Å². The van der Waals surface area contributed by atoms with Crippen molar-refractivity contribution in [3.8, 4) is 22.4 Å². The second-order valence-corrected chi connectivity index (χ2v) is 7.73. The highest BCUT2D eigenvalue weighted by atomic mass is 19.1. The molecule has 0 atom stereocenters. The van der Waals surface area contributed by atoms with Crippen LogP contribution < -0.4 is 5.32 Å². The smallest absolute Gasteiger partial charge is 0.255 e. The zero-order valence-electron chi connectivity index (χ0n) is 17.8. The van der Waals surface area contributed by atoms with Crippen molar-refractivity contribution in [2.24, 2.45) is 0 Å². The molecule has 0 aliphatic carbocycles. The number of aromatic nitrogens is 3. The van der Waals surface area contributed by atoms with Gasteiger partial charge in [0.15, 0.2) is 0 Å². The lowest BCUT2D eigenvalue weighted by atomic mass is 9.98. The van der Waals surface area contributed by atoms with Crippen molar-refractivity contribution in [3.05, 3.63) is 78.0 Å². The minimum absolute atomic E-state index is 0.158. The van der Waals surface area contributed by atoms with Gasteiger partial charge < -0.3 is 10.2 Å². The Morgan fingerprint density at radius 1 is 1.16 bits per heavy atom. The van der Waals surface area contributed by atoms with Crippen molar-refractivity contribution in [1.82, 2.24) is 24.8 Å². The molecule has 4 rings (SSSR count). The average Bonchev–Trinajstić information content (AvgIpc) is 3.19. The molecule has 0 aliphatic rings. The molecule has 158 valence electrons. The first-order valence-electron chi connectivity index (χ1n) is 10.1. The fourth-order valence-electron chi connectivity index (χ4n) is 3.47. The van der Waals surface area contributed by atoms with Crippen molar-refractivity contribution < 1.29 is 9.18 Å². The monoisotopic (exact) mass is 417 g/mol. The van der Waals surface area contributed by atoms with Gasteiger partial charge in [0, 0.05) is 36.6 Å². The predicted molar refractivity (Wildman–Crippen MR) is 119 cm³/mol. The molecule has 7 heteroatoms. The molecule has 0 aliphatic heterocycles. The van der Waals surface area contributed by atoms with Crippen LogP contribution in [0.5, 0.6) is 0 Å². The van der Waals surface area contributed by atoms with E-state index < -0.39 is 0 Å². The van der Waals surface area contributed by atoms with Crippen LogP contribution in [0.15, 0.2) is 61.1 Å². The Labute approximate surface area is 180 Å². The quantitative estimate of drug-likeness (QED) is 0.518. The number of nitrogens with one attached hydrogen (secondary N) is 1. The minimum atomic E-state index is -0.244. The number of pyridine rings is 2. The third-order valence-electron chi connectivity index (χ3n) is 5.16. The van der Waals surface area contributed by atoms with E-state index in [2.05, 4.69) is 15.4 Å². The fourth-order valence-corrected chi connectivity index (χ4v) is 3.47. The summed E-state index contributed by atoms with van der Waals surface area (Å²) in [5, 5.41) is 7.24. The fraction of sp³-hybridized carbons (Fsp3) is 0.208. The number of hydrogen-bond donors (Lipinski definition) is 1. The van der Waals surface area contributed by atoms with Gasteiger partial charge in [0.25, 0.3) is 5.91 Å². The molecule has 0 unspecified atom stereocenters. The number of hydrogen-bond acceptors (Lipinski definition) is 4. The zero-order valence-corrected chi connectivity index (χ0v) is 17.8. The van der Waals surface area contributed by atoms with E-state index >= 15 is 0 Å². The van der Waals surface area contributed by atoms with Gasteiger partial charge in [-0.25, -0.2) is 8.91 Å². The molecular weight excluding hydrogens is 393 g/mol. The van der Waals surface area contributed by atoms with Crippen LogP contribution in [-0.4, -0.2) is 52.6 Å². The number of fused-ring (bicyclic) bond motifs is 1. The molecule has 0 saturated carbocycles. The van der Waals surface area contributed by atoms with Gasteiger partial charge in [0.2, 0.25) is 0 Å². The first-order chi connectivity index (χ1) is 14.9. The van der Waals surface area contributed by atoms with Gasteiger partial charge >= 0.3 is 0 Å². The van der Waals surface area contributed by atoms with Crippen molar-refractivity contribution in [1.29, 1.82) is 0 Å². The van der Waals surface area contributed by atoms with E-state index in [0.717, 1.165) is 28.9 Å². The second kappa shape index (κ2) is 8.65. The van der Waals surface area contributed by atoms with Crippen LogP contribution in [-0.2, 0) is 0 Å². The van der Waals surface area contributed by atoms with E-state index in [4.69, 9.17) is 0 Å². The van der Waals surface area contributed by atoms with Crippen molar-refractivity contribution in [2.45, 2.75) is 6.92 Å². The Morgan fingerprint density at radius 3 is 2.77 bits per heavy atom. The number of rotatable bonds is 6. The predicted octanol–water partition coefficient (Wildman–Crippen LogP) is 3.80.